The molecule has 0 atom stereocenters. The number of alkyl halides is 3. The first kappa shape index (κ1) is 30.3. The molecule has 6 aromatic rings. The van der Waals surface area contributed by atoms with Gasteiger partial charge in [-0.05, 0) is 62.4 Å². The fourth-order valence-corrected chi connectivity index (χ4v) is 5.43. The zero-order chi connectivity index (χ0) is 32.6. The Morgan fingerprint density at radius 2 is 1.70 bits per heavy atom. The molecular weight excluding hydrogens is 597 g/mol. The van der Waals surface area contributed by atoms with Crippen LogP contribution in [0.5, 0.6) is 5.75 Å². The minimum Gasteiger partial charge on any atom is -0.492 e. The lowest BCUT2D eigenvalue weighted by Crippen LogP contribution is -2.33. The predicted molar refractivity (Wildman–Crippen MR) is 171 cm³/mol. The zero-order valence-electron chi connectivity index (χ0n) is 24.7. The highest BCUT2D eigenvalue weighted by Gasteiger charge is 2.31. The number of ether oxygens (including phenoxy) is 1. The molecule has 9 nitrogen and oxygen atoms in total. The van der Waals surface area contributed by atoms with Crippen LogP contribution in [-0.2, 0) is 6.18 Å². The number of aromatic nitrogens is 3. The molecule has 12 heteroatoms. The molecule has 0 unspecified atom stereocenters. The number of halogens is 3. The van der Waals surface area contributed by atoms with Gasteiger partial charge in [-0.1, -0.05) is 24.3 Å². The lowest BCUT2D eigenvalue weighted by molar-refractivity contribution is -0.137. The molecule has 4 aromatic carbocycles. The van der Waals surface area contributed by atoms with Crippen molar-refractivity contribution < 1.29 is 27.5 Å². The van der Waals surface area contributed by atoms with Gasteiger partial charge in [-0.2, -0.15) is 13.2 Å². The van der Waals surface area contributed by atoms with E-state index in [0.29, 0.717) is 33.2 Å². The van der Waals surface area contributed by atoms with Gasteiger partial charge < -0.3 is 20.7 Å². The zero-order valence-corrected chi connectivity index (χ0v) is 24.7. The number of benzene rings is 4. The number of hydrogen-bond donors (Lipinski definition) is 2. The maximum Gasteiger partial charge on any atom is 0.416 e. The van der Waals surface area contributed by atoms with Crippen LogP contribution in [0.15, 0.2) is 85.2 Å². The molecule has 46 heavy (non-hydrogen) atoms. The Hall–Kier alpha value is -5.78. The summed E-state index contributed by atoms with van der Waals surface area (Å²) in [5.41, 5.74) is 7.34. The first-order valence-corrected chi connectivity index (χ1v) is 14.4. The van der Waals surface area contributed by atoms with Crippen LogP contribution in [0.25, 0.3) is 32.7 Å². The molecule has 0 spiro atoms. The highest BCUT2D eigenvalue weighted by Crippen LogP contribution is 2.38. The number of hydrogen-bond acceptors (Lipinski definition) is 7. The average molecular weight is 625 g/mol. The van der Waals surface area contributed by atoms with Gasteiger partial charge in [-0.15, -0.1) is 0 Å². The molecule has 2 heterocycles. The highest BCUT2D eigenvalue weighted by atomic mass is 19.4. The van der Waals surface area contributed by atoms with Gasteiger partial charge in [0.25, 0.3) is 5.91 Å². The Labute approximate surface area is 260 Å². The second kappa shape index (κ2) is 12.0. The van der Waals surface area contributed by atoms with E-state index >= 15 is 0 Å². The SMILES string of the molecule is CCOc1cc2ncnc(Nc3cccc(C(F)(F)F)c3)c2cc1N(CC)C(=O)c1ccc2nc3ccccc3cc2c1C(N)=O. The highest BCUT2D eigenvalue weighted by molar-refractivity contribution is 6.19. The molecule has 0 saturated carbocycles. The number of anilines is 3. The van der Waals surface area contributed by atoms with E-state index in [2.05, 4.69) is 20.3 Å². The maximum absolute atomic E-state index is 14.3. The quantitative estimate of drug-likeness (QED) is 0.171. The number of nitrogens with two attached hydrogens (primary N) is 1. The molecule has 2 aromatic heterocycles. The molecule has 0 saturated heterocycles. The minimum absolute atomic E-state index is 0.0354. The molecule has 0 radical (unpaired) electrons. The second-order valence-corrected chi connectivity index (χ2v) is 10.3. The Morgan fingerprint density at radius 3 is 2.43 bits per heavy atom. The number of pyridine rings is 1. The molecule has 6 rings (SSSR count). The summed E-state index contributed by atoms with van der Waals surface area (Å²) in [5.74, 6) is -0.746. The lowest BCUT2D eigenvalue weighted by atomic mass is 9.98. The van der Waals surface area contributed by atoms with E-state index in [9.17, 15) is 22.8 Å². The van der Waals surface area contributed by atoms with Crippen molar-refractivity contribution in [3.05, 3.63) is 102 Å². The van der Waals surface area contributed by atoms with E-state index in [4.69, 9.17) is 10.5 Å². The number of para-hydroxylation sites is 1. The second-order valence-electron chi connectivity index (χ2n) is 10.3. The molecule has 232 valence electrons. The van der Waals surface area contributed by atoms with Gasteiger partial charge in [-0.3, -0.25) is 9.59 Å². The maximum atomic E-state index is 14.3. The van der Waals surface area contributed by atoms with E-state index in [1.54, 1.807) is 38.1 Å². The fraction of sp³-hybridized carbons (Fsp3) is 0.147. The van der Waals surface area contributed by atoms with Crippen molar-refractivity contribution in [2.24, 2.45) is 5.73 Å². The van der Waals surface area contributed by atoms with Gasteiger partial charge in [0.05, 0.1) is 45.5 Å². The topological polar surface area (TPSA) is 123 Å². The van der Waals surface area contributed by atoms with Crippen LogP contribution in [0.4, 0.5) is 30.4 Å². The first-order valence-electron chi connectivity index (χ1n) is 14.4. The Bertz CT molecular complexity index is 2150. The van der Waals surface area contributed by atoms with Crippen LogP contribution in [0.2, 0.25) is 0 Å². The van der Waals surface area contributed by atoms with Crippen molar-refractivity contribution in [1.29, 1.82) is 0 Å². The van der Waals surface area contributed by atoms with E-state index in [1.807, 2.05) is 24.3 Å². The fourth-order valence-electron chi connectivity index (χ4n) is 5.43. The number of fused-ring (bicyclic) bond motifs is 3. The van der Waals surface area contributed by atoms with Crippen LogP contribution in [0.1, 0.15) is 40.1 Å². The van der Waals surface area contributed by atoms with Crippen molar-refractivity contribution in [3.8, 4) is 5.75 Å². The Morgan fingerprint density at radius 1 is 0.891 bits per heavy atom. The van der Waals surface area contributed by atoms with Gasteiger partial charge in [0.1, 0.15) is 17.9 Å². The van der Waals surface area contributed by atoms with Crippen molar-refractivity contribution in [3.63, 3.8) is 0 Å². The summed E-state index contributed by atoms with van der Waals surface area (Å²) in [6.45, 7) is 3.99. The van der Waals surface area contributed by atoms with E-state index in [-0.39, 0.29) is 35.8 Å². The van der Waals surface area contributed by atoms with Gasteiger partial charge in [-0.25, -0.2) is 15.0 Å². The molecule has 0 aliphatic carbocycles. The van der Waals surface area contributed by atoms with Gasteiger partial charge in [0.15, 0.2) is 0 Å². The number of rotatable bonds is 8. The van der Waals surface area contributed by atoms with Crippen LogP contribution in [0.3, 0.4) is 0 Å². The first-order chi connectivity index (χ1) is 22.1. The third kappa shape index (κ3) is 5.60. The predicted octanol–water partition coefficient (Wildman–Crippen LogP) is 7.26. The summed E-state index contributed by atoms with van der Waals surface area (Å²) < 4.78 is 46.0. The van der Waals surface area contributed by atoms with E-state index in [1.165, 1.54) is 29.4 Å². The largest absolute Gasteiger partial charge is 0.492 e. The summed E-state index contributed by atoms with van der Waals surface area (Å²) in [4.78, 5) is 41.9. The molecule has 0 aliphatic heterocycles. The van der Waals surface area contributed by atoms with Crippen molar-refractivity contribution in [2.75, 3.05) is 23.4 Å². The van der Waals surface area contributed by atoms with Crippen LogP contribution >= 0.6 is 0 Å². The van der Waals surface area contributed by atoms with Crippen molar-refractivity contribution >= 4 is 61.7 Å². The van der Waals surface area contributed by atoms with Gasteiger partial charge in [0.2, 0.25) is 5.91 Å². The number of amides is 2. The smallest absolute Gasteiger partial charge is 0.416 e. The van der Waals surface area contributed by atoms with Crippen molar-refractivity contribution in [2.45, 2.75) is 20.0 Å². The van der Waals surface area contributed by atoms with E-state index in [0.717, 1.165) is 23.0 Å². The summed E-state index contributed by atoms with van der Waals surface area (Å²) in [7, 11) is 0. The Balaban J connectivity index is 1.48. The third-order valence-corrected chi connectivity index (χ3v) is 7.50. The summed E-state index contributed by atoms with van der Waals surface area (Å²) in [6.07, 6.45) is -3.24. The van der Waals surface area contributed by atoms with Crippen LogP contribution in [0, 0.1) is 0 Å². The molecule has 3 N–H and O–H groups in total. The molecule has 2 amide bonds. The lowest BCUT2D eigenvalue weighted by Gasteiger charge is -2.25. The van der Waals surface area contributed by atoms with E-state index < -0.39 is 23.6 Å². The number of nitrogens with zero attached hydrogens (tertiary/aromatic N) is 4. The number of nitrogens with one attached hydrogen (secondary N) is 1. The third-order valence-electron chi connectivity index (χ3n) is 7.50. The number of primary amides is 1. The number of carbonyl (C=O) groups excluding carboxylic acids is 2. The monoisotopic (exact) mass is 624 g/mol. The summed E-state index contributed by atoms with van der Waals surface area (Å²) >= 11 is 0. The van der Waals surface area contributed by atoms with Gasteiger partial charge in [0, 0.05) is 34.5 Å². The summed E-state index contributed by atoms with van der Waals surface area (Å²) in [5, 5.41) is 4.60. The molecule has 0 fully saturated rings. The standard InChI is InChI=1S/C34H27F3N6O3/c1-3-43(33(45)22-12-13-26-23(30(22)31(38)44)14-19-8-5-6-11-25(19)42-26)28-16-24-27(17-29(28)46-4-2)39-18-40-32(24)41-21-10-7-9-20(15-21)34(35,36)37/h5-18H,3-4H2,1-2H3,(H2,38,44)(H,39,40,41). The normalized spacial score (nSPS) is 11.6. The van der Waals surface area contributed by atoms with Crippen LogP contribution in [-0.4, -0.2) is 39.9 Å². The average Bonchev–Trinajstić information content (AvgIpc) is 3.03. The molecule has 0 aliphatic rings. The van der Waals surface area contributed by atoms with Crippen molar-refractivity contribution in [1.82, 2.24) is 15.0 Å². The Kier molecular flexibility index (Phi) is 7.86. The molecular formula is C34H27F3N6O3. The molecule has 0 bridgehead atoms. The van der Waals surface area contributed by atoms with Gasteiger partial charge >= 0.3 is 6.18 Å². The summed E-state index contributed by atoms with van der Waals surface area (Å²) in [6, 6.07) is 20.4. The minimum atomic E-state index is -4.53. The van der Waals surface area contributed by atoms with Crippen LogP contribution < -0.4 is 20.7 Å². The number of carbonyl (C=O) groups is 2.